The standard InChI is InChI=1S/C10H10N2O2/c1-10(2,6-11)8-5-3-4-7(12-8)9(13)14/h3-5H,1-2H3,(H,13,14). The molecule has 0 atom stereocenters. The van der Waals surface area contributed by atoms with E-state index in [2.05, 4.69) is 11.1 Å². The van der Waals surface area contributed by atoms with Gasteiger partial charge in [-0.1, -0.05) is 6.07 Å². The minimum Gasteiger partial charge on any atom is -0.477 e. The van der Waals surface area contributed by atoms with Gasteiger partial charge in [0.1, 0.15) is 5.69 Å². The Morgan fingerprint density at radius 3 is 2.71 bits per heavy atom. The first-order valence-corrected chi connectivity index (χ1v) is 4.09. The second kappa shape index (κ2) is 3.46. The Kier molecular flexibility index (Phi) is 2.52. The number of pyridine rings is 1. The van der Waals surface area contributed by atoms with Crippen molar-refractivity contribution in [1.82, 2.24) is 4.98 Å². The molecular formula is C10H10N2O2. The molecule has 0 unspecified atom stereocenters. The van der Waals surface area contributed by atoms with Crippen molar-refractivity contribution < 1.29 is 9.90 Å². The molecule has 72 valence electrons. The van der Waals surface area contributed by atoms with Gasteiger partial charge in [0.25, 0.3) is 0 Å². The maximum Gasteiger partial charge on any atom is 0.354 e. The Bertz CT molecular complexity index is 405. The molecule has 0 aliphatic rings. The second-order valence-electron chi connectivity index (χ2n) is 3.45. The zero-order chi connectivity index (χ0) is 10.8. The van der Waals surface area contributed by atoms with Crippen molar-refractivity contribution in [3.05, 3.63) is 29.6 Å². The van der Waals surface area contributed by atoms with E-state index in [0.29, 0.717) is 5.69 Å². The van der Waals surface area contributed by atoms with Crippen LogP contribution in [0.4, 0.5) is 0 Å². The number of carboxylic acid groups (broad SMARTS) is 1. The van der Waals surface area contributed by atoms with Crippen molar-refractivity contribution >= 4 is 5.97 Å². The normalized spacial score (nSPS) is 10.6. The lowest BCUT2D eigenvalue weighted by atomic mass is 9.91. The van der Waals surface area contributed by atoms with Gasteiger partial charge in [-0.25, -0.2) is 9.78 Å². The van der Waals surface area contributed by atoms with Gasteiger partial charge in [-0.2, -0.15) is 5.26 Å². The van der Waals surface area contributed by atoms with Crippen LogP contribution in [0.1, 0.15) is 30.0 Å². The van der Waals surface area contributed by atoms with Gasteiger partial charge in [0, 0.05) is 0 Å². The fourth-order valence-corrected chi connectivity index (χ4v) is 0.959. The van der Waals surface area contributed by atoms with Gasteiger partial charge in [0.2, 0.25) is 0 Å². The maximum absolute atomic E-state index is 10.6. The minimum absolute atomic E-state index is 0.0363. The van der Waals surface area contributed by atoms with Crippen molar-refractivity contribution in [3.8, 4) is 6.07 Å². The van der Waals surface area contributed by atoms with Crippen LogP contribution in [0.5, 0.6) is 0 Å². The van der Waals surface area contributed by atoms with Crippen molar-refractivity contribution in [2.75, 3.05) is 0 Å². The van der Waals surface area contributed by atoms with Crippen LogP contribution in [0.2, 0.25) is 0 Å². The van der Waals surface area contributed by atoms with Crippen LogP contribution < -0.4 is 0 Å². The lowest BCUT2D eigenvalue weighted by Crippen LogP contribution is -2.17. The number of carbonyl (C=O) groups is 1. The molecule has 0 saturated carbocycles. The molecule has 1 rings (SSSR count). The Hall–Kier alpha value is -1.89. The molecule has 4 heteroatoms. The van der Waals surface area contributed by atoms with E-state index in [9.17, 15) is 4.79 Å². The number of aromatic nitrogens is 1. The third-order valence-electron chi connectivity index (χ3n) is 1.89. The van der Waals surface area contributed by atoms with E-state index in [0.717, 1.165) is 0 Å². The molecule has 1 aromatic rings. The van der Waals surface area contributed by atoms with Crippen LogP contribution >= 0.6 is 0 Å². The fraction of sp³-hybridized carbons (Fsp3) is 0.300. The monoisotopic (exact) mass is 190 g/mol. The largest absolute Gasteiger partial charge is 0.477 e. The van der Waals surface area contributed by atoms with Gasteiger partial charge in [0.05, 0.1) is 17.2 Å². The first-order valence-electron chi connectivity index (χ1n) is 4.09. The minimum atomic E-state index is -1.08. The summed E-state index contributed by atoms with van der Waals surface area (Å²) in [5.74, 6) is -1.08. The van der Waals surface area contributed by atoms with Gasteiger partial charge in [-0.15, -0.1) is 0 Å². The SMILES string of the molecule is CC(C)(C#N)c1cccc(C(=O)O)n1. The third kappa shape index (κ3) is 1.88. The molecule has 0 aliphatic carbocycles. The van der Waals surface area contributed by atoms with Crippen molar-refractivity contribution in [2.45, 2.75) is 19.3 Å². The van der Waals surface area contributed by atoms with Gasteiger partial charge >= 0.3 is 5.97 Å². The summed E-state index contributed by atoms with van der Waals surface area (Å²) < 4.78 is 0. The molecular weight excluding hydrogens is 180 g/mol. The summed E-state index contributed by atoms with van der Waals surface area (Å²) in [6.45, 7) is 3.39. The summed E-state index contributed by atoms with van der Waals surface area (Å²) in [7, 11) is 0. The summed E-state index contributed by atoms with van der Waals surface area (Å²) in [5, 5.41) is 17.5. The summed E-state index contributed by atoms with van der Waals surface area (Å²) in [4.78, 5) is 14.5. The molecule has 1 aromatic heterocycles. The summed E-state index contributed by atoms with van der Waals surface area (Å²) in [6.07, 6.45) is 0. The Labute approximate surface area is 81.8 Å². The van der Waals surface area contributed by atoms with E-state index in [1.54, 1.807) is 26.0 Å². The van der Waals surface area contributed by atoms with Crippen LogP contribution in [-0.4, -0.2) is 16.1 Å². The number of nitrogens with zero attached hydrogens (tertiary/aromatic N) is 2. The molecule has 0 bridgehead atoms. The molecule has 1 heterocycles. The predicted octanol–water partition coefficient (Wildman–Crippen LogP) is 1.58. The third-order valence-corrected chi connectivity index (χ3v) is 1.89. The molecule has 0 amide bonds. The van der Waals surface area contributed by atoms with Crippen LogP contribution in [0.15, 0.2) is 18.2 Å². The van der Waals surface area contributed by atoms with Crippen molar-refractivity contribution in [2.24, 2.45) is 0 Å². The lowest BCUT2D eigenvalue weighted by Gasteiger charge is -2.14. The molecule has 14 heavy (non-hydrogen) atoms. The van der Waals surface area contributed by atoms with Crippen LogP contribution in [0.3, 0.4) is 0 Å². The quantitative estimate of drug-likeness (QED) is 0.768. The number of nitriles is 1. The first-order chi connectivity index (χ1) is 6.47. The van der Waals surface area contributed by atoms with E-state index in [-0.39, 0.29) is 5.69 Å². The maximum atomic E-state index is 10.6. The van der Waals surface area contributed by atoms with Gasteiger partial charge in [0.15, 0.2) is 0 Å². The number of carboxylic acids is 1. The van der Waals surface area contributed by atoms with Crippen molar-refractivity contribution in [3.63, 3.8) is 0 Å². The molecule has 0 fully saturated rings. The van der Waals surface area contributed by atoms with E-state index in [4.69, 9.17) is 10.4 Å². The van der Waals surface area contributed by atoms with E-state index in [1.807, 2.05) is 0 Å². The highest BCUT2D eigenvalue weighted by atomic mass is 16.4. The highest BCUT2D eigenvalue weighted by Gasteiger charge is 2.22. The van der Waals surface area contributed by atoms with Gasteiger partial charge < -0.3 is 5.11 Å². The van der Waals surface area contributed by atoms with Gasteiger partial charge in [-0.3, -0.25) is 0 Å². The number of aromatic carboxylic acids is 1. The van der Waals surface area contributed by atoms with E-state index < -0.39 is 11.4 Å². The number of hydrogen-bond acceptors (Lipinski definition) is 3. The van der Waals surface area contributed by atoms with E-state index in [1.165, 1.54) is 6.07 Å². The average Bonchev–Trinajstić information content (AvgIpc) is 2.18. The summed E-state index contributed by atoms with van der Waals surface area (Å²) >= 11 is 0. The van der Waals surface area contributed by atoms with E-state index >= 15 is 0 Å². The molecule has 0 aromatic carbocycles. The molecule has 0 radical (unpaired) electrons. The van der Waals surface area contributed by atoms with Crippen LogP contribution in [0.25, 0.3) is 0 Å². The average molecular weight is 190 g/mol. The Morgan fingerprint density at radius 2 is 2.21 bits per heavy atom. The molecule has 0 spiro atoms. The summed E-state index contributed by atoms with van der Waals surface area (Å²) in [6, 6.07) is 6.71. The van der Waals surface area contributed by atoms with Gasteiger partial charge in [-0.05, 0) is 26.0 Å². The summed E-state index contributed by atoms with van der Waals surface area (Å²) in [5.41, 5.74) is -0.323. The zero-order valence-corrected chi connectivity index (χ0v) is 7.98. The number of rotatable bonds is 2. The fourth-order valence-electron chi connectivity index (χ4n) is 0.959. The topological polar surface area (TPSA) is 74.0 Å². The molecule has 0 saturated heterocycles. The molecule has 4 nitrogen and oxygen atoms in total. The second-order valence-corrected chi connectivity index (χ2v) is 3.45. The lowest BCUT2D eigenvalue weighted by molar-refractivity contribution is 0.0690. The molecule has 1 N–H and O–H groups in total. The molecule has 0 aliphatic heterocycles. The zero-order valence-electron chi connectivity index (χ0n) is 7.98. The van der Waals surface area contributed by atoms with Crippen molar-refractivity contribution in [1.29, 1.82) is 5.26 Å². The smallest absolute Gasteiger partial charge is 0.354 e. The number of hydrogen-bond donors (Lipinski definition) is 1. The Morgan fingerprint density at radius 1 is 1.57 bits per heavy atom. The van der Waals surface area contributed by atoms with Crippen LogP contribution in [-0.2, 0) is 5.41 Å². The first kappa shape index (κ1) is 10.2. The predicted molar refractivity (Wildman–Crippen MR) is 49.8 cm³/mol. The highest BCUT2D eigenvalue weighted by Crippen LogP contribution is 2.19. The Balaban J connectivity index is 3.20. The highest BCUT2D eigenvalue weighted by molar-refractivity contribution is 5.85. The van der Waals surface area contributed by atoms with Crippen LogP contribution in [0, 0.1) is 11.3 Å².